The van der Waals surface area contributed by atoms with Crippen molar-refractivity contribution in [1.29, 1.82) is 0 Å². The zero-order valence-corrected chi connectivity index (χ0v) is 14.6. The van der Waals surface area contributed by atoms with Crippen LogP contribution in [0.1, 0.15) is 24.8 Å². The van der Waals surface area contributed by atoms with Gasteiger partial charge in [-0.3, -0.25) is 4.79 Å². The number of pyridine rings is 1. The van der Waals surface area contributed by atoms with E-state index in [1.54, 1.807) is 12.3 Å². The molecule has 1 aliphatic carbocycles. The summed E-state index contributed by atoms with van der Waals surface area (Å²) in [5, 5.41) is 2.92. The molecule has 5 nitrogen and oxygen atoms in total. The van der Waals surface area contributed by atoms with Gasteiger partial charge in [-0.05, 0) is 42.7 Å². The first-order chi connectivity index (χ1) is 12.7. The van der Waals surface area contributed by atoms with Crippen molar-refractivity contribution in [1.82, 2.24) is 4.98 Å². The Morgan fingerprint density at radius 2 is 2.00 bits per heavy atom. The van der Waals surface area contributed by atoms with Gasteiger partial charge in [0, 0.05) is 13.1 Å². The Kier molecular flexibility index (Phi) is 4.59. The van der Waals surface area contributed by atoms with Crippen molar-refractivity contribution in [2.75, 3.05) is 36.5 Å². The molecule has 1 saturated carbocycles. The second kappa shape index (κ2) is 7.03. The Morgan fingerprint density at radius 3 is 2.62 bits per heavy atom. The lowest BCUT2D eigenvalue weighted by Gasteiger charge is -2.40. The highest BCUT2D eigenvalue weighted by Gasteiger charge is 2.45. The van der Waals surface area contributed by atoms with Gasteiger partial charge in [-0.1, -0.05) is 18.6 Å². The lowest BCUT2D eigenvalue weighted by molar-refractivity contribution is -0.124. The summed E-state index contributed by atoms with van der Waals surface area (Å²) in [6, 6.07) is 10.1. The van der Waals surface area contributed by atoms with Gasteiger partial charge in [0.2, 0.25) is 5.91 Å². The van der Waals surface area contributed by atoms with Gasteiger partial charge in [-0.2, -0.15) is 0 Å². The van der Waals surface area contributed by atoms with Crippen molar-refractivity contribution < 1.29 is 13.9 Å². The molecule has 6 heteroatoms. The molecule has 2 aromatic rings. The molecule has 0 bridgehead atoms. The minimum Gasteiger partial charge on any atom is -0.378 e. The van der Waals surface area contributed by atoms with E-state index in [-0.39, 0.29) is 11.7 Å². The number of hydrogen-bond acceptors (Lipinski definition) is 4. The van der Waals surface area contributed by atoms with E-state index in [0.717, 1.165) is 43.6 Å². The SMILES string of the molecule is O=C(Nc1ccc(N2CCOCC2)cn1)C1(c2cccc(F)c2)CCC1. The molecule has 4 rings (SSSR count). The topological polar surface area (TPSA) is 54.5 Å². The van der Waals surface area contributed by atoms with Crippen LogP contribution in [0.3, 0.4) is 0 Å². The molecule has 0 atom stereocenters. The molecule has 0 unspecified atom stereocenters. The van der Waals surface area contributed by atoms with Gasteiger partial charge < -0.3 is 15.0 Å². The lowest BCUT2D eigenvalue weighted by Crippen LogP contribution is -2.46. The number of nitrogens with one attached hydrogen (secondary N) is 1. The van der Waals surface area contributed by atoms with Crippen LogP contribution in [-0.4, -0.2) is 37.2 Å². The number of hydrogen-bond donors (Lipinski definition) is 1. The van der Waals surface area contributed by atoms with E-state index in [9.17, 15) is 9.18 Å². The fourth-order valence-corrected chi connectivity index (χ4v) is 3.67. The molecule has 2 fully saturated rings. The molecule has 0 radical (unpaired) electrons. The largest absolute Gasteiger partial charge is 0.378 e. The van der Waals surface area contributed by atoms with Crippen LogP contribution in [0.15, 0.2) is 42.6 Å². The molecule has 1 saturated heterocycles. The number of nitrogens with zero attached hydrogens (tertiary/aromatic N) is 2. The summed E-state index contributed by atoms with van der Waals surface area (Å²) in [5.41, 5.74) is 1.12. The van der Waals surface area contributed by atoms with E-state index in [2.05, 4.69) is 15.2 Å². The van der Waals surface area contributed by atoms with Crippen molar-refractivity contribution in [2.45, 2.75) is 24.7 Å². The van der Waals surface area contributed by atoms with E-state index in [0.29, 0.717) is 19.0 Å². The summed E-state index contributed by atoms with van der Waals surface area (Å²) < 4.78 is 19.0. The Morgan fingerprint density at radius 1 is 1.19 bits per heavy atom. The van der Waals surface area contributed by atoms with Gasteiger partial charge in [0.15, 0.2) is 0 Å². The molecule has 2 heterocycles. The number of halogens is 1. The van der Waals surface area contributed by atoms with Gasteiger partial charge in [0.05, 0.1) is 30.5 Å². The molecule has 1 N–H and O–H groups in total. The number of morpholine rings is 1. The van der Waals surface area contributed by atoms with E-state index in [4.69, 9.17) is 4.74 Å². The zero-order valence-electron chi connectivity index (χ0n) is 14.6. The fourth-order valence-electron chi connectivity index (χ4n) is 3.67. The van der Waals surface area contributed by atoms with Gasteiger partial charge >= 0.3 is 0 Å². The summed E-state index contributed by atoms with van der Waals surface area (Å²) in [7, 11) is 0. The van der Waals surface area contributed by atoms with E-state index < -0.39 is 5.41 Å². The second-order valence-corrected chi connectivity index (χ2v) is 6.90. The normalized spacial score (nSPS) is 18.9. The quantitative estimate of drug-likeness (QED) is 0.916. The minimum absolute atomic E-state index is 0.110. The average Bonchev–Trinajstić information content (AvgIpc) is 2.62. The third-order valence-corrected chi connectivity index (χ3v) is 5.38. The fraction of sp³-hybridized carbons (Fsp3) is 0.400. The Bertz CT molecular complexity index is 784. The number of carbonyl (C=O) groups excluding carboxylic acids is 1. The number of ether oxygens (including phenoxy) is 1. The maximum Gasteiger partial charge on any atom is 0.236 e. The maximum atomic E-state index is 13.6. The van der Waals surface area contributed by atoms with Gasteiger partial charge in [-0.25, -0.2) is 9.37 Å². The summed E-state index contributed by atoms with van der Waals surface area (Å²) in [5.74, 6) is 0.102. The Hall–Kier alpha value is -2.47. The molecule has 1 aliphatic heterocycles. The number of rotatable bonds is 4. The van der Waals surface area contributed by atoms with Crippen LogP contribution in [0.4, 0.5) is 15.9 Å². The first-order valence-corrected chi connectivity index (χ1v) is 9.04. The highest BCUT2D eigenvalue weighted by atomic mass is 19.1. The van der Waals surface area contributed by atoms with Crippen LogP contribution in [0.2, 0.25) is 0 Å². The highest BCUT2D eigenvalue weighted by Crippen LogP contribution is 2.44. The standard InChI is InChI=1S/C20H22FN3O2/c21-16-4-1-3-15(13-16)20(7-2-8-20)19(25)23-18-6-5-17(14-22-18)24-9-11-26-12-10-24/h1,3-6,13-14H,2,7-12H2,(H,22,23,25). The third kappa shape index (κ3) is 3.17. The molecule has 1 amide bonds. The summed E-state index contributed by atoms with van der Waals surface area (Å²) in [6.07, 6.45) is 4.20. The predicted molar refractivity (Wildman–Crippen MR) is 97.8 cm³/mol. The number of anilines is 2. The average molecular weight is 355 g/mol. The number of amides is 1. The summed E-state index contributed by atoms with van der Waals surface area (Å²) in [4.78, 5) is 19.5. The second-order valence-electron chi connectivity index (χ2n) is 6.90. The van der Waals surface area contributed by atoms with E-state index >= 15 is 0 Å². The van der Waals surface area contributed by atoms with Gasteiger partial charge in [0.25, 0.3) is 0 Å². The van der Waals surface area contributed by atoms with Crippen LogP contribution in [-0.2, 0) is 14.9 Å². The van der Waals surface area contributed by atoms with Gasteiger partial charge in [-0.15, -0.1) is 0 Å². The van der Waals surface area contributed by atoms with Crippen LogP contribution in [0.5, 0.6) is 0 Å². The van der Waals surface area contributed by atoms with Crippen LogP contribution in [0, 0.1) is 5.82 Å². The molecule has 1 aromatic carbocycles. The molecule has 26 heavy (non-hydrogen) atoms. The van der Waals surface area contributed by atoms with Crippen LogP contribution in [0.25, 0.3) is 0 Å². The highest BCUT2D eigenvalue weighted by molar-refractivity contribution is 5.99. The lowest BCUT2D eigenvalue weighted by atomic mass is 9.64. The Labute approximate surface area is 152 Å². The van der Waals surface area contributed by atoms with Crippen molar-refractivity contribution in [3.05, 3.63) is 54.0 Å². The number of aromatic nitrogens is 1. The predicted octanol–water partition coefficient (Wildman–Crippen LogP) is 3.12. The van der Waals surface area contributed by atoms with Crippen molar-refractivity contribution >= 4 is 17.4 Å². The first kappa shape index (κ1) is 17.0. The van der Waals surface area contributed by atoms with E-state index in [1.165, 1.54) is 12.1 Å². The van der Waals surface area contributed by atoms with Gasteiger partial charge in [0.1, 0.15) is 11.6 Å². The zero-order chi connectivity index (χ0) is 18.0. The number of carbonyl (C=O) groups is 1. The van der Waals surface area contributed by atoms with Crippen molar-refractivity contribution in [3.8, 4) is 0 Å². The van der Waals surface area contributed by atoms with Crippen LogP contribution >= 0.6 is 0 Å². The molecule has 2 aliphatic rings. The number of benzene rings is 1. The summed E-state index contributed by atoms with van der Waals surface area (Å²) >= 11 is 0. The van der Waals surface area contributed by atoms with Crippen molar-refractivity contribution in [3.63, 3.8) is 0 Å². The molecule has 136 valence electrons. The van der Waals surface area contributed by atoms with Crippen LogP contribution < -0.4 is 10.2 Å². The monoisotopic (exact) mass is 355 g/mol. The molecular weight excluding hydrogens is 333 g/mol. The molecule has 0 spiro atoms. The van der Waals surface area contributed by atoms with E-state index in [1.807, 2.05) is 18.2 Å². The minimum atomic E-state index is -0.646. The molecular formula is C20H22FN3O2. The molecule has 1 aromatic heterocycles. The maximum absolute atomic E-state index is 13.6. The smallest absolute Gasteiger partial charge is 0.236 e. The Balaban J connectivity index is 1.48. The van der Waals surface area contributed by atoms with Crippen molar-refractivity contribution in [2.24, 2.45) is 0 Å². The third-order valence-electron chi connectivity index (χ3n) is 5.38. The first-order valence-electron chi connectivity index (χ1n) is 9.04. The summed E-state index contributed by atoms with van der Waals surface area (Å²) in [6.45, 7) is 3.12.